The van der Waals surface area contributed by atoms with Crippen molar-refractivity contribution in [3.05, 3.63) is 29.3 Å². The van der Waals surface area contributed by atoms with E-state index in [1.54, 1.807) is 12.1 Å². The fourth-order valence-corrected chi connectivity index (χ4v) is 1.38. The highest BCUT2D eigenvalue weighted by molar-refractivity contribution is 5.98. The van der Waals surface area contributed by atoms with Crippen LogP contribution in [0.25, 0.3) is 0 Å². The number of rotatable bonds is 3. The van der Waals surface area contributed by atoms with Gasteiger partial charge in [-0.3, -0.25) is 5.41 Å². The van der Waals surface area contributed by atoms with Gasteiger partial charge in [0, 0.05) is 0 Å². The van der Waals surface area contributed by atoms with Crippen molar-refractivity contribution in [2.24, 2.45) is 5.73 Å². The van der Waals surface area contributed by atoms with Gasteiger partial charge in [0.1, 0.15) is 11.6 Å². The molecule has 0 aromatic heterocycles. The average Bonchev–Trinajstić information content (AvgIpc) is 2.04. The fraction of sp³-hybridized carbons (Fsp3) is 0.300. The molecule has 0 saturated carbocycles. The zero-order chi connectivity index (χ0) is 9.84. The highest BCUT2D eigenvalue weighted by Crippen LogP contribution is 2.21. The Hall–Kier alpha value is -1.51. The van der Waals surface area contributed by atoms with Crippen molar-refractivity contribution in [1.29, 1.82) is 5.41 Å². The lowest BCUT2D eigenvalue weighted by Crippen LogP contribution is -2.14. The number of hydrogen-bond donors (Lipinski definition) is 3. The van der Waals surface area contributed by atoms with Crippen molar-refractivity contribution in [2.75, 3.05) is 0 Å². The van der Waals surface area contributed by atoms with Gasteiger partial charge in [0.2, 0.25) is 0 Å². The second kappa shape index (κ2) is 3.94. The van der Waals surface area contributed by atoms with Crippen LogP contribution in [0.2, 0.25) is 0 Å². The van der Waals surface area contributed by atoms with E-state index in [1.165, 1.54) is 0 Å². The quantitative estimate of drug-likeness (QED) is 0.486. The van der Waals surface area contributed by atoms with Crippen LogP contribution in [0, 0.1) is 5.41 Å². The van der Waals surface area contributed by atoms with Crippen molar-refractivity contribution in [3.63, 3.8) is 0 Å². The van der Waals surface area contributed by atoms with E-state index in [4.69, 9.17) is 11.1 Å². The Morgan fingerprint density at radius 3 is 2.77 bits per heavy atom. The van der Waals surface area contributed by atoms with Crippen LogP contribution in [0.5, 0.6) is 5.75 Å². The molecule has 0 bridgehead atoms. The van der Waals surface area contributed by atoms with Crippen LogP contribution in [0.3, 0.4) is 0 Å². The lowest BCUT2D eigenvalue weighted by molar-refractivity contribution is 0.473. The first-order valence-electron chi connectivity index (χ1n) is 4.32. The number of amidine groups is 1. The molecular formula is C10H14N2O. The Kier molecular flexibility index (Phi) is 2.90. The van der Waals surface area contributed by atoms with E-state index >= 15 is 0 Å². The van der Waals surface area contributed by atoms with Gasteiger partial charge in [0.15, 0.2) is 0 Å². The lowest BCUT2D eigenvalue weighted by Gasteiger charge is -2.08. The number of benzene rings is 1. The summed E-state index contributed by atoms with van der Waals surface area (Å²) >= 11 is 0. The van der Waals surface area contributed by atoms with Crippen molar-refractivity contribution < 1.29 is 5.11 Å². The molecule has 3 nitrogen and oxygen atoms in total. The summed E-state index contributed by atoms with van der Waals surface area (Å²) in [5.74, 6) is 0.0278. The van der Waals surface area contributed by atoms with Crippen LogP contribution in [-0.2, 0) is 6.42 Å². The van der Waals surface area contributed by atoms with Gasteiger partial charge in [-0.25, -0.2) is 0 Å². The third kappa shape index (κ3) is 1.99. The fourth-order valence-electron chi connectivity index (χ4n) is 1.38. The van der Waals surface area contributed by atoms with Crippen LogP contribution < -0.4 is 5.73 Å². The highest BCUT2D eigenvalue weighted by atomic mass is 16.3. The Morgan fingerprint density at radius 2 is 2.23 bits per heavy atom. The molecule has 1 aromatic rings. The molecule has 0 atom stereocenters. The smallest absolute Gasteiger partial charge is 0.126 e. The van der Waals surface area contributed by atoms with Gasteiger partial charge in [-0.05, 0) is 18.1 Å². The standard InChI is InChI=1S/C10H14N2O/c1-2-4-7-5-3-6-8(13)9(7)10(11)12/h3,5-6,13H,2,4H2,1H3,(H3,11,12). The first-order chi connectivity index (χ1) is 6.16. The molecule has 4 N–H and O–H groups in total. The van der Waals surface area contributed by atoms with E-state index in [9.17, 15) is 5.11 Å². The van der Waals surface area contributed by atoms with Gasteiger partial charge in [-0.1, -0.05) is 25.5 Å². The maximum atomic E-state index is 9.47. The normalized spacial score (nSPS) is 9.92. The molecule has 3 heteroatoms. The Balaban J connectivity index is 3.17. The predicted molar refractivity (Wildman–Crippen MR) is 53.1 cm³/mol. The van der Waals surface area contributed by atoms with Gasteiger partial charge >= 0.3 is 0 Å². The number of nitrogens with two attached hydrogens (primary N) is 1. The number of hydrogen-bond acceptors (Lipinski definition) is 2. The molecule has 0 fully saturated rings. The number of phenolic OH excluding ortho intramolecular Hbond substituents is 1. The van der Waals surface area contributed by atoms with Crippen LogP contribution >= 0.6 is 0 Å². The van der Waals surface area contributed by atoms with Gasteiger partial charge in [0.25, 0.3) is 0 Å². The number of aromatic hydroxyl groups is 1. The van der Waals surface area contributed by atoms with E-state index in [0.29, 0.717) is 5.56 Å². The third-order valence-electron chi connectivity index (χ3n) is 1.92. The summed E-state index contributed by atoms with van der Waals surface area (Å²) in [7, 11) is 0. The molecule has 0 amide bonds. The maximum Gasteiger partial charge on any atom is 0.126 e. The van der Waals surface area contributed by atoms with Crippen LogP contribution in [0.15, 0.2) is 18.2 Å². The summed E-state index contributed by atoms with van der Waals surface area (Å²) in [5, 5.41) is 16.8. The molecule has 1 aromatic carbocycles. The first kappa shape index (κ1) is 9.58. The van der Waals surface area contributed by atoms with E-state index in [2.05, 4.69) is 0 Å². The van der Waals surface area contributed by atoms with Crippen LogP contribution in [0.4, 0.5) is 0 Å². The molecule has 13 heavy (non-hydrogen) atoms. The third-order valence-corrected chi connectivity index (χ3v) is 1.92. The van der Waals surface area contributed by atoms with Crippen molar-refractivity contribution >= 4 is 5.84 Å². The second-order valence-electron chi connectivity index (χ2n) is 2.97. The molecule has 0 unspecified atom stereocenters. The van der Waals surface area contributed by atoms with Gasteiger partial charge < -0.3 is 10.8 Å². The van der Waals surface area contributed by atoms with E-state index in [1.807, 2.05) is 13.0 Å². The summed E-state index contributed by atoms with van der Waals surface area (Å²) in [6.45, 7) is 2.05. The molecule has 0 heterocycles. The van der Waals surface area contributed by atoms with Crippen LogP contribution in [-0.4, -0.2) is 10.9 Å². The molecule has 0 saturated heterocycles. The Labute approximate surface area is 77.7 Å². The van der Waals surface area contributed by atoms with Gasteiger partial charge in [0.05, 0.1) is 5.56 Å². The number of nitrogen functional groups attached to an aromatic ring is 1. The van der Waals surface area contributed by atoms with Crippen molar-refractivity contribution in [3.8, 4) is 5.75 Å². The zero-order valence-electron chi connectivity index (χ0n) is 7.67. The minimum atomic E-state index is -0.0680. The number of phenols is 1. The predicted octanol–water partition coefficient (Wildman–Crippen LogP) is 1.63. The van der Waals surface area contributed by atoms with Gasteiger partial charge in [-0.15, -0.1) is 0 Å². The van der Waals surface area contributed by atoms with E-state index in [0.717, 1.165) is 18.4 Å². The largest absolute Gasteiger partial charge is 0.507 e. The Bertz CT molecular complexity index is 321. The summed E-state index contributed by atoms with van der Waals surface area (Å²) in [5.41, 5.74) is 6.79. The summed E-state index contributed by atoms with van der Waals surface area (Å²) in [6.07, 6.45) is 1.81. The minimum absolute atomic E-state index is 0.0680. The zero-order valence-corrected chi connectivity index (χ0v) is 7.67. The monoisotopic (exact) mass is 178 g/mol. The average molecular weight is 178 g/mol. The molecule has 0 spiro atoms. The van der Waals surface area contributed by atoms with E-state index in [-0.39, 0.29) is 11.6 Å². The van der Waals surface area contributed by atoms with Crippen LogP contribution in [0.1, 0.15) is 24.5 Å². The summed E-state index contributed by atoms with van der Waals surface area (Å²) < 4.78 is 0. The first-order valence-corrected chi connectivity index (χ1v) is 4.32. The molecule has 0 aliphatic heterocycles. The molecule has 1 rings (SSSR count). The molecule has 0 radical (unpaired) electrons. The summed E-state index contributed by atoms with van der Waals surface area (Å²) in [4.78, 5) is 0. The number of nitrogens with one attached hydrogen (secondary N) is 1. The molecule has 0 aliphatic rings. The maximum absolute atomic E-state index is 9.47. The second-order valence-corrected chi connectivity index (χ2v) is 2.97. The van der Waals surface area contributed by atoms with Gasteiger partial charge in [-0.2, -0.15) is 0 Å². The molecular weight excluding hydrogens is 164 g/mol. The Morgan fingerprint density at radius 1 is 1.54 bits per heavy atom. The highest BCUT2D eigenvalue weighted by Gasteiger charge is 2.08. The molecule has 0 aliphatic carbocycles. The summed E-state index contributed by atoms with van der Waals surface area (Å²) in [6, 6.07) is 5.21. The topological polar surface area (TPSA) is 70.1 Å². The lowest BCUT2D eigenvalue weighted by atomic mass is 10.0. The van der Waals surface area contributed by atoms with E-state index < -0.39 is 0 Å². The minimum Gasteiger partial charge on any atom is -0.507 e. The molecule has 70 valence electrons. The SMILES string of the molecule is CCCc1cccc(O)c1C(=N)N. The van der Waals surface area contributed by atoms with Crippen molar-refractivity contribution in [1.82, 2.24) is 0 Å². The van der Waals surface area contributed by atoms with Crippen molar-refractivity contribution in [2.45, 2.75) is 19.8 Å². The number of aryl methyl sites for hydroxylation is 1.